The SMILES string of the molecule is C[C@@H](NS(=O)(=O)c1ccc(F)cc1)C(=O)Nc1cccc(C(F)(F)F)c1. The molecule has 2 aromatic carbocycles. The summed E-state index contributed by atoms with van der Waals surface area (Å²) < 4.78 is 77.2. The maximum absolute atomic E-state index is 12.9. The Morgan fingerprint density at radius 2 is 1.69 bits per heavy atom. The van der Waals surface area contributed by atoms with Crippen molar-refractivity contribution in [3.63, 3.8) is 0 Å². The molecule has 0 saturated heterocycles. The standard InChI is InChI=1S/C16H14F4N2O3S/c1-10(22-26(24,25)14-7-5-12(17)6-8-14)15(23)21-13-4-2-3-11(9-13)16(18,19)20/h2-10,22H,1H3,(H,21,23)/t10-/m1/s1. The Morgan fingerprint density at radius 3 is 2.27 bits per heavy atom. The molecule has 10 heteroatoms. The first-order valence-electron chi connectivity index (χ1n) is 7.25. The molecule has 1 atom stereocenters. The number of alkyl halides is 3. The molecule has 26 heavy (non-hydrogen) atoms. The van der Waals surface area contributed by atoms with Gasteiger partial charge in [0.25, 0.3) is 0 Å². The summed E-state index contributed by atoms with van der Waals surface area (Å²) in [5.41, 5.74) is -1.08. The molecule has 5 nitrogen and oxygen atoms in total. The summed E-state index contributed by atoms with van der Waals surface area (Å²) in [5.74, 6) is -1.48. The molecule has 0 aliphatic rings. The van der Waals surface area contributed by atoms with Crippen LogP contribution < -0.4 is 10.0 Å². The van der Waals surface area contributed by atoms with Crippen LogP contribution in [0.25, 0.3) is 0 Å². The fourth-order valence-corrected chi connectivity index (χ4v) is 3.19. The lowest BCUT2D eigenvalue weighted by atomic mass is 10.2. The van der Waals surface area contributed by atoms with Crippen LogP contribution in [0.1, 0.15) is 12.5 Å². The zero-order chi connectivity index (χ0) is 19.5. The molecule has 0 aliphatic carbocycles. The lowest BCUT2D eigenvalue weighted by Crippen LogP contribution is -2.41. The highest BCUT2D eigenvalue weighted by atomic mass is 32.2. The van der Waals surface area contributed by atoms with E-state index in [0.29, 0.717) is 0 Å². The first-order chi connectivity index (χ1) is 12.0. The third-order valence-corrected chi connectivity index (χ3v) is 4.86. The Bertz CT molecular complexity index is 896. The minimum absolute atomic E-state index is 0.127. The lowest BCUT2D eigenvalue weighted by molar-refractivity contribution is -0.137. The highest BCUT2D eigenvalue weighted by Gasteiger charge is 2.30. The van der Waals surface area contributed by atoms with Gasteiger partial charge in [-0.2, -0.15) is 17.9 Å². The molecule has 0 unspecified atom stereocenters. The molecule has 0 spiro atoms. The summed E-state index contributed by atoms with van der Waals surface area (Å²) in [4.78, 5) is 11.8. The van der Waals surface area contributed by atoms with Crippen LogP contribution in [0.4, 0.5) is 23.2 Å². The van der Waals surface area contributed by atoms with Crippen molar-refractivity contribution in [1.29, 1.82) is 0 Å². The first-order valence-corrected chi connectivity index (χ1v) is 8.73. The number of anilines is 1. The van der Waals surface area contributed by atoms with Gasteiger partial charge in [0.05, 0.1) is 16.5 Å². The van der Waals surface area contributed by atoms with Crippen molar-refractivity contribution >= 4 is 21.6 Å². The van der Waals surface area contributed by atoms with E-state index in [-0.39, 0.29) is 10.6 Å². The van der Waals surface area contributed by atoms with Crippen LogP contribution in [-0.2, 0) is 21.0 Å². The number of carbonyl (C=O) groups is 1. The fourth-order valence-electron chi connectivity index (χ4n) is 1.99. The Hall–Kier alpha value is -2.46. The maximum Gasteiger partial charge on any atom is 0.416 e. The topological polar surface area (TPSA) is 75.3 Å². The van der Waals surface area contributed by atoms with Gasteiger partial charge in [-0.15, -0.1) is 0 Å². The molecule has 1 amide bonds. The van der Waals surface area contributed by atoms with Crippen LogP contribution in [-0.4, -0.2) is 20.4 Å². The van der Waals surface area contributed by atoms with Gasteiger partial charge in [0.1, 0.15) is 5.82 Å². The van der Waals surface area contributed by atoms with E-state index in [2.05, 4.69) is 10.0 Å². The predicted molar refractivity (Wildman–Crippen MR) is 86.3 cm³/mol. The Labute approximate surface area is 147 Å². The van der Waals surface area contributed by atoms with E-state index in [0.717, 1.165) is 42.5 Å². The number of nitrogens with one attached hydrogen (secondary N) is 2. The van der Waals surface area contributed by atoms with Crippen molar-refractivity contribution in [2.45, 2.75) is 24.0 Å². The summed E-state index contributed by atoms with van der Waals surface area (Å²) in [6.07, 6.45) is -4.57. The zero-order valence-corrected chi connectivity index (χ0v) is 14.2. The van der Waals surface area contributed by atoms with Crippen molar-refractivity contribution < 1.29 is 30.8 Å². The number of hydrogen-bond donors (Lipinski definition) is 2. The van der Waals surface area contributed by atoms with Crippen LogP contribution in [0, 0.1) is 5.82 Å². The van der Waals surface area contributed by atoms with Crippen molar-refractivity contribution in [2.24, 2.45) is 0 Å². The van der Waals surface area contributed by atoms with Crippen LogP contribution in [0.15, 0.2) is 53.4 Å². The fraction of sp³-hybridized carbons (Fsp3) is 0.188. The van der Waals surface area contributed by atoms with Gasteiger partial charge in [0.15, 0.2) is 0 Å². The van der Waals surface area contributed by atoms with Gasteiger partial charge in [-0.25, -0.2) is 12.8 Å². The molecule has 2 N–H and O–H groups in total. The molecule has 0 heterocycles. The Kier molecular flexibility index (Phi) is 5.67. The second-order valence-corrected chi connectivity index (χ2v) is 7.08. The first kappa shape index (κ1) is 19.9. The Morgan fingerprint density at radius 1 is 1.08 bits per heavy atom. The van der Waals surface area contributed by atoms with Gasteiger partial charge >= 0.3 is 6.18 Å². The van der Waals surface area contributed by atoms with Gasteiger partial charge in [-0.05, 0) is 49.4 Å². The van der Waals surface area contributed by atoms with E-state index in [1.54, 1.807) is 0 Å². The molecule has 0 aromatic heterocycles. The normalized spacial score (nSPS) is 13.3. The highest BCUT2D eigenvalue weighted by Crippen LogP contribution is 2.30. The Balaban J connectivity index is 2.09. The highest BCUT2D eigenvalue weighted by molar-refractivity contribution is 7.89. The molecular weight excluding hydrogens is 376 g/mol. The van der Waals surface area contributed by atoms with Crippen LogP contribution in [0.2, 0.25) is 0 Å². The molecule has 0 radical (unpaired) electrons. The molecule has 140 valence electrons. The summed E-state index contributed by atoms with van der Waals surface area (Å²) >= 11 is 0. The van der Waals surface area contributed by atoms with Gasteiger partial charge in [0.2, 0.25) is 15.9 Å². The van der Waals surface area contributed by atoms with Crippen molar-refractivity contribution in [3.05, 3.63) is 59.9 Å². The third kappa shape index (κ3) is 5.02. The monoisotopic (exact) mass is 390 g/mol. The number of rotatable bonds is 5. The molecule has 2 rings (SSSR count). The van der Waals surface area contributed by atoms with Crippen LogP contribution >= 0.6 is 0 Å². The number of amides is 1. The number of benzene rings is 2. The smallest absolute Gasteiger partial charge is 0.325 e. The van der Waals surface area contributed by atoms with E-state index in [9.17, 15) is 30.8 Å². The minimum atomic E-state index is -4.57. The van der Waals surface area contributed by atoms with E-state index in [4.69, 9.17) is 0 Å². The third-order valence-electron chi connectivity index (χ3n) is 3.31. The molecular formula is C16H14F4N2O3S. The number of hydrogen-bond acceptors (Lipinski definition) is 3. The largest absolute Gasteiger partial charge is 0.416 e. The maximum atomic E-state index is 12.9. The van der Waals surface area contributed by atoms with Crippen molar-refractivity contribution in [3.8, 4) is 0 Å². The van der Waals surface area contributed by atoms with Gasteiger partial charge in [-0.3, -0.25) is 4.79 Å². The summed E-state index contributed by atoms with van der Waals surface area (Å²) in [7, 11) is -4.10. The summed E-state index contributed by atoms with van der Waals surface area (Å²) in [6, 6.07) is 6.60. The molecule has 0 fully saturated rings. The van der Waals surface area contributed by atoms with E-state index in [1.807, 2.05) is 0 Å². The van der Waals surface area contributed by atoms with Crippen LogP contribution in [0.3, 0.4) is 0 Å². The predicted octanol–water partition coefficient (Wildman–Crippen LogP) is 3.15. The van der Waals surface area contributed by atoms with Crippen LogP contribution in [0.5, 0.6) is 0 Å². The molecule has 0 saturated carbocycles. The van der Waals surface area contributed by atoms with Gasteiger partial charge < -0.3 is 5.32 Å². The quantitative estimate of drug-likeness (QED) is 0.771. The number of sulfonamides is 1. The van der Waals surface area contributed by atoms with Crippen molar-refractivity contribution in [1.82, 2.24) is 4.72 Å². The zero-order valence-electron chi connectivity index (χ0n) is 13.3. The van der Waals surface area contributed by atoms with E-state index < -0.39 is 39.5 Å². The van der Waals surface area contributed by atoms with Gasteiger partial charge in [-0.1, -0.05) is 6.07 Å². The van der Waals surface area contributed by atoms with E-state index >= 15 is 0 Å². The second-order valence-electron chi connectivity index (χ2n) is 5.36. The number of halogens is 4. The minimum Gasteiger partial charge on any atom is -0.325 e. The average molecular weight is 390 g/mol. The average Bonchev–Trinajstić information content (AvgIpc) is 2.54. The van der Waals surface area contributed by atoms with Crippen molar-refractivity contribution in [2.75, 3.05) is 5.32 Å². The summed E-state index contributed by atoms with van der Waals surface area (Å²) in [5, 5.41) is 2.21. The number of carbonyl (C=O) groups excluding carboxylic acids is 1. The van der Waals surface area contributed by atoms with Gasteiger partial charge in [0, 0.05) is 5.69 Å². The molecule has 2 aromatic rings. The second kappa shape index (κ2) is 7.42. The molecule has 0 bridgehead atoms. The molecule has 0 aliphatic heterocycles. The summed E-state index contributed by atoms with van der Waals surface area (Å²) in [6.45, 7) is 1.23. The lowest BCUT2D eigenvalue weighted by Gasteiger charge is -2.15. The van der Waals surface area contributed by atoms with E-state index in [1.165, 1.54) is 13.0 Å².